The van der Waals surface area contributed by atoms with Gasteiger partial charge in [-0.15, -0.1) is 11.3 Å². The Morgan fingerprint density at radius 3 is 2.59 bits per heavy atom. The third-order valence-electron chi connectivity index (χ3n) is 4.79. The lowest BCUT2D eigenvalue weighted by Gasteiger charge is -2.24. The second kappa shape index (κ2) is 8.00. The van der Waals surface area contributed by atoms with Gasteiger partial charge in [-0.1, -0.05) is 12.1 Å². The van der Waals surface area contributed by atoms with Gasteiger partial charge in [-0.2, -0.15) is 0 Å². The molecule has 144 valence electrons. The van der Waals surface area contributed by atoms with Crippen molar-refractivity contribution in [2.75, 3.05) is 13.7 Å². The first-order chi connectivity index (χ1) is 13.0. The maximum absolute atomic E-state index is 12.6. The smallest absolute Gasteiger partial charge is 0.319 e. The highest BCUT2D eigenvalue weighted by Gasteiger charge is 2.58. The normalized spacial score (nSPS) is 14.4. The van der Waals surface area contributed by atoms with E-state index in [1.54, 1.807) is 23.3 Å². The molecule has 1 fully saturated rings. The molecule has 1 heterocycles. The summed E-state index contributed by atoms with van der Waals surface area (Å²) < 4.78 is 11.3. The van der Waals surface area contributed by atoms with Gasteiger partial charge in [0.15, 0.2) is 11.5 Å². The maximum atomic E-state index is 12.6. The van der Waals surface area contributed by atoms with Crippen molar-refractivity contribution < 1.29 is 24.2 Å². The van der Waals surface area contributed by atoms with E-state index in [1.807, 2.05) is 42.6 Å². The van der Waals surface area contributed by atoms with E-state index in [4.69, 9.17) is 9.47 Å². The minimum atomic E-state index is -1.22. The van der Waals surface area contributed by atoms with Gasteiger partial charge in [0.1, 0.15) is 12.0 Å². The molecule has 1 N–H and O–H groups in total. The number of benzene rings is 1. The number of ether oxygens (including phenoxy) is 2. The molecule has 6 nitrogen and oxygen atoms in total. The Morgan fingerprint density at radius 2 is 2.04 bits per heavy atom. The van der Waals surface area contributed by atoms with Gasteiger partial charge in [0.2, 0.25) is 5.91 Å². The van der Waals surface area contributed by atoms with Crippen LogP contribution in [0.1, 0.15) is 30.2 Å². The Kier molecular flexibility index (Phi) is 5.70. The molecule has 0 unspecified atom stereocenters. The van der Waals surface area contributed by atoms with Crippen molar-refractivity contribution in [1.82, 2.24) is 4.90 Å². The van der Waals surface area contributed by atoms with Crippen LogP contribution in [0.25, 0.3) is 0 Å². The molecule has 1 aliphatic rings. The van der Waals surface area contributed by atoms with Crippen LogP contribution in [-0.4, -0.2) is 35.5 Å². The fourth-order valence-corrected chi connectivity index (χ4v) is 3.58. The lowest BCUT2D eigenvalue weighted by Crippen LogP contribution is -2.40. The second-order valence-electron chi connectivity index (χ2n) is 6.56. The van der Waals surface area contributed by atoms with E-state index < -0.39 is 11.4 Å². The zero-order valence-electron chi connectivity index (χ0n) is 15.4. The van der Waals surface area contributed by atoms with Gasteiger partial charge in [0, 0.05) is 18.0 Å². The number of carbonyl (C=O) groups is 2. The number of carbonyl (C=O) groups excluding carboxylic acids is 1. The molecule has 27 heavy (non-hydrogen) atoms. The molecule has 1 amide bonds. The highest BCUT2D eigenvalue weighted by Crippen LogP contribution is 2.47. The standard InChI is InChI=1S/C20H23NO5S/c1-3-21(18(22)20(8-9-20)19(23)24)12-14-6-7-16(17(11-14)25-2)26-13-15-5-4-10-27-15/h4-7,10-11H,3,8-9,12-13H2,1-2H3,(H,23,24). The number of carboxylic acids is 1. The first kappa shape index (κ1) is 19.2. The average Bonchev–Trinajstić information content (AvgIpc) is 3.34. The number of amides is 1. The lowest BCUT2D eigenvalue weighted by molar-refractivity contribution is -0.153. The van der Waals surface area contributed by atoms with Gasteiger partial charge in [-0.3, -0.25) is 9.59 Å². The summed E-state index contributed by atoms with van der Waals surface area (Å²) in [6.07, 6.45) is 0.826. The molecule has 0 aliphatic heterocycles. The third kappa shape index (κ3) is 4.08. The number of carboxylic acid groups (broad SMARTS) is 1. The number of hydrogen-bond acceptors (Lipinski definition) is 5. The van der Waals surface area contributed by atoms with Crippen molar-refractivity contribution in [1.29, 1.82) is 0 Å². The zero-order valence-corrected chi connectivity index (χ0v) is 16.3. The quantitative estimate of drug-likeness (QED) is 0.664. The van der Waals surface area contributed by atoms with Gasteiger partial charge in [-0.25, -0.2) is 0 Å². The van der Waals surface area contributed by atoms with E-state index in [2.05, 4.69) is 0 Å². The van der Waals surface area contributed by atoms with Gasteiger partial charge < -0.3 is 19.5 Å². The molecule has 3 rings (SSSR count). The fourth-order valence-electron chi connectivity index (χ4n) is 2.97. The number of nitrogens with zero attached hydrogens (tertiary/aromatic N) is 1. The van der Waals surface area contributed by atoms with E-state index in [1.165, 1.54) is 0 Å². The first-order valence-electron chi connectivity index (χ1n) is 8.85. The summed E-state index contributed by atoms with van der Waals surface area (Å²) in [5, 5.41) is 11.4. The van der Waals surface area contributed by atoms with Crippen LogP contribution >= 0.6 is 11.3 Å². The number of methoxy groups -OCH3 is 1. The van der Waals surface area contributed by atoms with E-state index in [0.29, 0.717) is 44.0 Å². The van der Waals surface area contributed by atoms with Crippen molar-refractivity contribution in [3.63, 3.8) is 0 Å². The molecule has 0 atom stereocenters. The Labute approximate surface area is 162 Å². The van der Waals surface area contributed by atoms with E-state index >= 15 is 0 Å². The zero-order chi connectivity index (χ0) is 19.4. The number of aliphatic carboxylic acids is 1. The topological polar surface area (TPSA) is 76.1 Å². The van der Waals surface area contributed by atoms with Crippen LogP contribution < -0.4 is 9.47 Å². The summed E-state index contributed by atoms with van der Waals surface area (Å²) in [5.74, 6) is -0.115. The Bertz CT molecular complexity index is 814. The van der Waals surface area contributed by atoms with Crippen LogP contribution in [0, 0.1) is 5.41 Å². The maximum Gasteiger partial charge on any atom is 0.319 e. The minimum absolute atomic E-state index is 0.311. The van der Waals surface area contributed by atoms with Crippen molar-refractivity contribution in [2.24, 2.45) is 5.41 Å². The summed E-state index contributed by atoms with van der Waals surface area (Å²) >= 11 is 1.63. The number of hydrogen-bond donors (Lipinski definition) is 1. The van der Waals surface area contributed by atoms with E-state index in [-0.39, 0.29) is 5.91 Å². The third-order valence-corrected chi connectivity index (χ3v) is 5.64. The molecule has 0 spiro atoms. The highest BCUT2D eigenvalue weighted by molar-refractivity contribution is 7.09. The molecule has 7 heteroatoms. The molecule has 1 aromatic carbocycles. The largest absolute Gasteiger partial charge is 0.493 e. The summed E-state index contributed by atoms with van der Waals surface area (Å²) in [7, 11) is 1.57. The number of thiophene rings is 1. The Balaban J connectivity index is 1.70. The first-order valence-corrected chi connectivity index (χ1v) is 9.73. The minimum Gasteiger partial charge on any atom is -0.493 e. The van der Waals surface area contributed by atoms with Gasteiger partial charge in [0.25, 0.3) is 0 Å². The van der Waals surface area contributed by atoms with Crippen molar-refractivity contribution in [2.45, 2.75) is 32.9 Å². The summed E-state index contributed by atoms with van der Waals surface area (Å²) in [6, 6.07) is 9.52. The van der Waals surface area contributed by atoms with Crippen molar-refractivity contribution in [3.8, 4) is 11.5 Å². The molecule has 2 aromatic rings. The van der Waals surface area contributed by atoms with Crippen molar-refractivity contribution in [3.05, 3.63) is 46.2 Å². The molecule has 1 saturated carbocycles. The van der Waals surface area contributed by atoms with Crippen LogP contribution in [0.15, 0.2) is 35.7 Å². The molecule has 1 aliphatic carbocycles. The van der Waals surface area contributed by atoms with Crippen LogP contribution in [0.2, 0.25) is 0 Å². The predicted octanol–water partition coefficient (Wildman–Crippen LogP) is 3.55. The average molecular weight is 389 g/mol. The van der Waals surface area contributed by atoms with Gasteiger partial charge in [0.05, 0.1) is 7.11 Å². The highest BCUT2D eigenvalue weighted by atomic mass is 32.1. The summed E-state index contributed by atoms with van der Waals surface area (Å²) in [4.78, 5) is 26.8. The predicted molar refractivity (Wildman–Crippen MR) is 102 cm³/mol. The molecular weight excluding hydrogens is 366 g/mol. The molecule has 0 bridgehead atoms. The van der Waals surface area contributed by atoms with Gasteiger partial charge >= 0.3 is 5.97 Å². The van der Waals surface area contributed by atoms with E-state index in [0.717, 1.165) is 10.4 Å². The van der Waals surface area contributed by atoms with Gasteiger partial charge in [-0.05, 0) is 48.9 Å². The monoisotopic (exact) mass is 389 g/mol. The lowest BCUT2D eigenvalue weighted by atomic mass is 10.1. The molecule has 0 saturated heterocycles. The molecular formula is C20H23NO5S. The fraction of sp³-hybridized carbons (Fsp3) is 0.400. The summed E-state index contributed by atoms with van der Waals surface area (Å²) in [5.41, 5.74) is -0.351. The van der Waals surface area contributed by atoms with Crippen LogP contribution in [0.4, 0.5) is 0 Å². The number of rotatable bonds is 9. The van der Waals surface area contributed by atoms with Crippen LogP contribution in [0.5, 0.6) is 11.5 Å². The Hall–Kier alpha value is -2.54. The Morgan fingerprint density at radius 1 is 1.26 bits per heavy atom. The summed E-state index contributed by atoms with van der Waals surface area (Å²) in [6.45, 7) is 3.11. The van der Waals surface area contributed by atoms with E-state index in [9.17, 15) is 14.7 Å². The van der Waals surface area contributed by atoms with Crippen molar-refractivity contribution >= 4 is 23.2 Å². The van der Waals surface area contributed by atoms with Crippen LogP contribution in [-0.2, 0) is 22.7 Å². The van der Waals surface area contributed by atoms with Crippen LogP contribution in [0.3, 0.4) is 0 Å². The SMILES string of the molecule is CCN(Cc1ccc(OCc2cccs2)c(OC)c1)C(=O)C1(C(=O)O)CC1. The second-order valence-corrected chi connectivity index (χ2v) is 7.59. The molecule has 1 aromatic heterocycles. The molecule has 0 radical (unpaired) electrons.